The van der Waals surface area contributed by atoms with E-state index in [9.17, 15) is 10.1 Å². The predicted molar refractivity (Wildman–Crippen MR) is 85.2 cm³/mol. The molecule has 0 saturated carbocycles. The van der Waals surface area contributed by atoms with Gasteiger partial charge in [-0.25, -0.2) is 0 Å². The summed E-state index contributed by atoms with van der Waals surface area (Å²) in [6.45, 7) is 1.88. The Morgan fingerprint density at radius 2 is 1.68 bits per heavy atom. The minimum atomic E-state index is -0.809. The zero-order valence-corrected chi connectivity index (χ0v) is 12.8. The Balaban J connectivity index is 2.51. The van der Waals surface area contributed by atoms with Crippen LogP contribution < -0.4 is 0 Å². The van der Waals surface area contributed by atoms with Crippen molar-refractivity contribution >= 4 is 5.97 Å². The summed E-state index contributed by atoms with van der Waals surface area (Å²) in [7, 11) is 1.37. The van der Waals surface area contributed by atoms with E-state index in [1.807, 2.05) is 67.6 Å². The Hall–Kier alpha value is -2.60. The third-order valence-corrected chi connectivity index (χ3v) is 4.10. The molecule has 2 rings (SSSR count). The van der Waals surface area contributed by atoms with E-state index >= 15 is 0 Å². The molecule has 0 aliphatic rings. The third kappa shape index (κ3) is 3.17. The Morgan fingerprint density at radius 1 is 1.14 bits per heavy atom. The maximum absolute atomic E-state index is 11.9. The molecule has 0 N–H and O–H groups in total. The van der Waals surface area contributed by atoms with Gasteiger partial charge in [0.1, 0.15) is 0 Å². The summed E-state index contributed by atoms with van der Waals surface area (Å²) in [5, 5.41) is 9.85. The minimum Gasteiger partial charge on any atom is -0.469 e. The highest BCUT2D eigenvalue weighted by molar-refractivity contribution is 5.71. The number of carbonyl (C=O) groups is 1. The van der Waals surface area contributed by atoms with E-state index in [-0.39, 0.29) is 18.3 Å². The van der Waals surface area contributed by atoms with E-state index < -0.39 is 5.41 Å². The normalized spacial score (nSPS) is 14.4. The van der Waals surface area contributed by atoms with Crippen LogP contribution >= 0.6 is 0 Å². The van der Waals surface area contributed by atoms with Crippen LogP contribution in [0.15, 0.2) is 60.7 Å². The number of rotatable bonds is 5. The lowest BCUT2D eigenvalue weighted by atomic mass is 9.68. The Morgan fingerprint density at radius 3 is 2.18 bits per heavy atom. The van der Waals surface area contributed by atoms with Crippen LogP contribution in [0.5, 0.6) is 0 Å². The summed E-state index contributed by atoms with van der Waals surface area (Å²) in [6.07, 6.45) is 0.166. The van der Waals surface area contributed by atoms with Crippen molar-refractivity contribution < 1.29 is 9.53 Å². The second-order valence-electron chi connectivity index (χ2n) is 5.42. The van der Waals surface area contributed by atoms with Gasteiger partial charge >= 0.3 is 5.97 Å². The lowest BCUT2D eigenvalue weighted by Gasteiger charge is -2.32. The minimum absolute atomic E-state index is 0.166. The first-order valence-electron chi connectivity index (χ1n) is 7.20. The second-order valence-corrected chi connectivity index (χ2v) is 5.42. The van der Waals surface area contributed by atoms with Crippen LogP contribution in [-0.2, 0) is 14.9 Å². The number of carbonyl (C=O) groups excluding carboxylic acids is 1. The van der Waals surface area contributed by atoms with E-state index in [4.69, 9.17) is 4.74 Å². The van der Waals surface area contributed by atoms with Gasteiger partial charge in [-0.15, -0.1) is 0 Å². The fourth-order valence-corrected chi connectivity index (χ4v) is 2.72. The number of ether oxygens (including phenoxy) is 1. The van der Waals surface area contributed by atoms with Crippen LogP contribution in [0.2, 0.25) is 0 Å². The predicted octanol–water partition coefficient (Wildman–Crippen LogP) is 3.81. The van der Waals surface area contributed by atoms with Gasteiger partial charge in [-0.05, 0) is 18.1 Å². The summed E-state index contributed by atoms with van der Waals surface area (Å²) < 4.78 is 4.83. The first-order chi connectivity index (χ1) is 10.6. The molecule has 0 saturated heterocycles. The fourth-order valence-electron chi connectivity index (χ4n) is 2.72. The largest absolute Gasteiger partial charge is 0.469 e. The first-order valence-corrected chi connectivity index (χ1v) is 7.20. The van der Waals surface area contributed by atoms with Crippen molar-refractivity contribution in [2.24, 2.45) is 0 Å². The van der Waals surface area contributed by atoms with Gasteiger partial charge in [-0.3, -0.25) is 4.79 Å². The molecule has 0 unspecified atom stereocenters. The highest BCUT2D eigenvalue weighted by atomic mass is 16.5. The lowest BCUT2D eigenvalue weighted by Crippen LogP contribution is -2.31. The maximum Gasteiger partial charge on any atom is 0.306 e. The van der Waals surface area contributed by atoms with Crippen molar-refractivity contribution in [1.82, 2.24) is 0 Å². The number of hydrogen-bond acceptors (Lipinski definition) is 3. The molecule has 2 aromatic carbocycles. The summed E-state index contributed by atoms with van der Waals surface area (Å²) in [5.41, 5.74) is 1.05. The third-order valence-electron chi connectivity index (χ3n) is 4.10. The molecule has 3 nitrogen and oxygen atoms in total. The summed E-state index contributed by atoms with van der Waals surface area (Å²) in [4.78, 5) is 11.9. The smallest absolute Gasteiger partial charge is 0.306 e. The molecule has 0 aliphatic carbocycles. The van der Waals surface area contributed by atoms with Crippen LogP contribution in [0.25, 0.3) is 0 Å². The summed E-state index contributed by atoms with van der Waals surface area (Å²) in [6, 6.07) is 21.7. The van der Waals surface area contributed by atoms with E-state index in [2.05, 4.69) is 6.07 Å². The van der Waals surface area contributed by atoms with Crippen molar-refractivity contribution in [3.8, 4) is 6.07 Å². The van der Waals surface area contributed by atoms with Gasteiger partial charge in [-0.2, -0.15) is 5.26 Å². The molecular weight excluding hydrogens is 274 g/mol. The molecule has 2 aromatic rings. The van der Waals surface area contributed by atoms with E-state index in [1.54, 1.807) is 0 Å². The van der Waals surface area contributed by atoms with Crippen LogP contribution in [0.1, 0.15) is 30.4 Å². The van der Waals surface area contributed by atoms with Crippen molar-refractivity contribution in [2.75, 3.05) is 7.11 Å². The number of esters is 1. The molecular formula is C19H19NO2. The summed E-state index contributed by atoms with van der Waals surface area (Å²) >= 11 is 0. The number of nitrogens with zero attached hydrogens (tertiary/aromatic N) is 1. The Kier molecular flexibility index (Phi) is 4.95. The molecule has 0 radical (unpaired) electrons. The Bertz CT molecular complexity index is 661. The zero-order chi connectivity index (χ0) is 16.0. The van der Waals surface area contributed by atoms with Crippen molar-refractivity contribution in [3.63, 3.8) is 0 Å². The van der Waals surface area contributed by atoms with Gasteiger partial charge < -0.3 is 4.74 Å². The second kappa shape index (κ2) is 6.91. The highest BCUT2D eigenvalue weighted by Gasteiger charge is 2.38. The first kappa shape index (κ1) is 15.8. The molecule has 0 fully saturated rings. The molecule has 0 amide bonds. The number of benzene rings is 2. The van der Waals surface area contributed by atoms with Gasteiger partial charge in [0.25, 0.3) is 0 Å². The molecule has 112 valence electrons. The summed E-state index contributed by atoms with van der Waals surface area (Å²) in [5.74, 6) is -0.584. The topological polar surface area (TPSA) is 50.1 Å². The Labute approximate surface area is 131 Å². The highest BCUT2D eigenvalue weighted by Crippen LogP contribution is 2.41. The van der Waals surface area contributed by atoms with Gasteiger partial charge in [0, 0.05) is 5.92 Å². The standard InChI is InChI=1S/C19H19NO2/c1-19(14-20,16-11-7-4-8-12-16)17(13-18(21)22-2)15-9-5-3-6-10-15/h3-12,17H,13H2,1-2H3/t17-,19-/m0/s1. The fraction of sp³-hybridized carbons (Fsp3) is 0.263. The molecule has 0 aromatic heterocycles. The monoisotopic (exact) mass is 293 g/mol. The van der Waals surface area contributed by atoms with Gasteiger partial charge in [0.15, 0.2) is 0 Å². The number of hydrogen-bond donors (Lipinski definition) is 0. The van der Waals surface area contributed by atoms with Gasteiger partial charge in [0.05, 0.1) is 25.0 Å². The van der Waals surface area contributed by atoms with Crippen molar-refractivity contribution in [3.05, 3.63) is 71.8 Å². The SMILES string of the molecule is COC(=O)C[C@@H](c1ccccc1)[C@@](C)(C#N)c1ccccc1. The van der Waals surface area contributed by atoms with Gasteiger partial charge in [-0.1, -0.05) is 60.7 Å². The molecule has 3 heteroatoms. The molecule has 22 heavy (non-hydrogen) atoms. The molecule has 0 aliphatic heterocycles. The number of nitriles is 1. The lowest BCUT2D eigenvalue weighted by molar-refractivity contribution is -0.141. The van der Waals surface area contributed by atoms with Crippen LogP contribution in [0, 0.1) is 11.3 Å². The maximum atomic E-state index is 11.9. The van der Waals surface area contributed by atoms with E-state index in [0.717, 1.165) is 11.1 Å². The van der Waals surface area contributed by atoms with Crippen LogP contribution in [0.3, 0.4) is 0 Å². The van der Waals surface area contributed by atoms with Crippen LogP contribution in [0.4, 0.5) is 0 Å². The molecule has 0 bridgehead atoms. The quantitative estimate of drug-likeness (QED) is 0.787. The van der Waals surface area contributed by atoms with Gasteiger partial charge in [0.2, 0.25) is 0 Å². The molecule has 0 heterocycles. The van der Waals surface area contributed by atoms with Crippen molar-refractivity contribution in [2.45, 2.75) is 24.7 Å². The average Bonchev–Trinajstić information content (AvgIpc) is 2.60. The zero-order valence-electron chi connectivity index (χ0n) is 12.8. The molecule has 0 spiro atoms. The van der Waals surface area contributed by atoms with Crippen LogP contribution in [-0.4, -0.2) is 13.1 Å². The molecule has 2 atom stereocenters. The van der Waals surface area contributed by atoms with E-state index in [0.29, 0.717) is 0 Å². The average molecular weight is 293 g/mol. The van der Waals surface area contributed by atoms with Crippen molar-refractivity contribution in [1.29, 1.82) is 5.26 Å². The van der Waals surface area contributed by atoms with E-state index in [1.165, 1.54) is 7.11 Å². The number of methoxy groups -OCH3 is 1.